The van der Waals surface area contributed by atoms with E-state index >= 15 is 0 Å². The molecule has 1 N–H and O–H groups in total. The molecule has 176 valence electrons. The highest BCUT2D eigenvalue weighted by Gasteiger charge is 2.15. The zero-order chi connectivity index (χ0) is 24.5. The number of carbonyl (C=O) groups excluding carboxylic acids is 2. The number of ether oxygens (including phenoxy) is 3. The number of halogens is 2. The van der Waals surface area contributed by atoms with Gasteiger partial charge in [-0.2, -0.15) is 5.10 Å². The maximum Gasteiger partial charge on any atom is 0.345 e. The van der Waals surface area contributed by atoms with E-state index < -0.39 is 11.9 Å². The standard InChI is InChI=1S/C25H22Cl2N2O5/c1-3-32-23-13-17(8-11-22(23)34-25(31)19-6-4-5-7-21(19)27)14-28-29-24(30)15-33-18-9-10-20(26)16(2)12-18/h4-14H,3,15H2,1-2H3,(H,29,30)/b28-14+. The highest BCUT2D eigenvalue weighted by atomic mass is 35.5. The predicted molar refractivity (Wildman–Crippen MR) is 131 cm³/mol. The molecule has 7 nitrogen and oxygen atoms in total. The Morgan fingerprint density at radius 3 is 2.50 bits per heavy atom. The molecule has 0 heterocycles. The van der Waals surface area contributed by atoms with E-state index in [9.17, 15) is 9.59 Å². The number of rotatable bonds is 9. The van der Waals surface area contributed by atoms with E-state index in [0.717, 1.165) is 5.56 Å². The zero-order valence-electron chi connectivity index (χ0n) is 18.5. The maximum atomic E-state index is 12.5. The second kappa shape index (κ2) is 12.1. The number of nitrogens with zero attached hydrogens (tertiary/aromatic N) is 1. The molecular weight excluding hydrogens is 479 g/mol. The van der Waals surface area contributed by atoms with Crippen molar-refractivity contribution in [1.29, 1.82) is 0 Å². The summed E-state index contributed by atoms with van der Waals surface area (Å²) in [5.74, 6) is 0.0823. The largest absolute Gasteiger partial charge is 0.490 e. The van der Waals surface area contributed by atoms with Gasteiger partial charge in [0.15, 0.2) is 18.1 Å². The zero-order valence-corrected chi connectivity index (χ0v) is 20.0. The lowest BCUT2D eigenvalue weighted by atomic mass is 10.2. The summed E-state index contributed by atoms with van der Waals surface area (Å²) in [7, 11) is 0. The van der Waals surface area contributed by atoms with Crippen molar-refractivity contribution in [2.24, 2.45) is 5.10 Å². The monoisotopic (exact) mass is 500 g/mol. The first kappa shape index (κ1) is 25.1. The average Bonchev–Trinajstić information content (AvgIpc) is 2.82. The van der Waals surface area contributed by atoms with Crippen LogP contribution in [0.5, 0.6) is 17.2 Å². The van der Waals surface area contributed by atoms with Gasteiger partial charge < -0.3 is 14.2 Å². The van der Waals surface area contributed by atoms with Gasteiger partial charge in [0.05, 0.1) is 23.4 Å². The van der Waals surface area contributed by atoms with Gasteiger partial charge in [-0.1, -0.05) is 35.3 Å². The SMILES string of the molecule is CCOc1cc(/C=N/NC(=O)COc2ccc(Cl)c(C)c2)ccc1OC(=O)c1ccccc1Cl. The maximum absolute atomic E-state index is 12.5. The first-order valence-corrected chi connectivity index (χ1v) is 11.1. The summed E-state index contributed by atoms with van der Waals surface area (Å²) >= 11 is 12.0. The number of nitrogens with one attached hydrogen (secondary N) is 1. The molecule has 3 aromatic rings. The molecule has 0 radical (unpaired) electrons. The van der Waals surface area contributed by atoms with Crippen molar-refractivity contribution in [2.45, 2.75) is 13.8 Å². The second-order valence-corrected chi connectivity index (χ2v) is 7.82. The molecule has 0 fully saturated rings. The minimum atomic E-state index is -0.601. The van der Waals surface area contributed by atoms with E-state index in [1.54, 1.807) is 60.7 Å². The summed E-state index contributed by atoms with van der Waals surface area (Å²) in [6.45, 7) is 3.80. The molecular formula is C25H22Cl2N2O5. The van der Waals surface area contributed by atoms with Crippen molar-refractivity contribution in [3.63, 3.8) is 0 Å². The summed E-state index contributed by atoms with van der Waals surface area (Å²) in [5, 5.41) is 4.84. The van der Waals surface area contributed by atoms with Crippen molar-refractivity contribution in [2.75, 3.05) is 13.2 Å². The van der Waals surface area contributed by atoms with Crippen molar-refractivity contribution in [3.05, 3.63) is 87.4 Å². The number of carbonyl (C=O) groups is 2. The quantitative estimate of drug-likeness (QED) is 0.182. The van der Waals surface area contributed by atoms with Crippen molar-refractivity contribution in [3.8, 4) is 17.2 Å². The fourth-order valence-electron chi connectivity index (χ4n) is 2.81. The van der Waals surface area contributed by atoms with Gasteiger partial charge >= 0.3 is 5.97 Å². The van der Waals surface area contributed by atoms with Gasteiger partial charge in [0.1, 0.15) is 5.75 Å². The molecule has 0 atom stereocenters. The lowest BCUT2D eigenvalue weighted by molar-refractivity contribution is -0.123. The van der Waals surface area contributed by atoms with E-state index in [0.29, 0.717) is 33.7 Å². The number of amides is 1. The molecule has 0 aromatic heterocycles. The predicted octanol–water partition coefficient (Wildman–Crippen LogP) is 5.45. The third-order valence-corrected chi connectivity index (χ3v) is 5.22. The number of esters is 1. The van der Waals surface area contributed by atoms with Crippen LogP contribution in [-0.2, 0) is 4.79 Å². The van der Waals surface area contributed by atoms with Crippen LogP contribution in [0, 0.1) is 6.92 Å². The minimum absolute atomic E-state index is 0.209. The first-order chi connectivity index (χ1) is 16.4. The van der Waals surface area contributed by atoms with E-state index in [1.165, 1.54) is 6.21 Å². The van der Waals surface area contributed by atoms with Gasteiger partial charge in [0.25, 0.3) is 5.91 Å². The van der Waals surface area contributed by atoms with Crippen LogP contribution in [0.3, 0.4) is 0 Å². The topological polar surface area (TPSA) is 86.2 Å². The fourth-order valence-corrected chi connectivity index (χ4v) is 3.14. The van der Waals surface area contributed by atoms with Crippen LogP contribution in [0.15, 0.2) is 65.8 Å². The Bertz CT molecular complexity index is 1210. The molecule has 0 saturated heterocycles. The van der Waals surface area contributed by atoms with Crippen LogP contribution in [0.2, 0.25) is 10.0 Å². The van der Waals surface area contributed by atoms with Gasteiger partial charge in [0.2, 0.25) is 0 Å². The molecule has 3 rings (SSSR count). The van der Waals surface area contributed by atoms with E-state index in [2.05, 4.69) is 10.5 Å². The van der Waals surface area contributed by atoms with E-state index in [-0.39, 0.29) is 17.9 Å². The number of hydrazone groups is 1. The Balaban J connectivity index is 1.60. The molecule has 0 unspecified atom stereocenters. The molecule has 34 heavy (non-hydrogen) atoms. The Hall–Kier alpha value is -3.55. The molecule has 0 aliphatic heterocycles. The normalized spacial score (nSPS) is 10.7. The molecule has 0 spiro atoms. The Kier molecular flexibility index (Phi) is 8.90. The summed E-state index contributed by atoms with van der Waals surface area (Å²) in [5.41, 5.74) is 4.11. The second-order valence-electron chi connectivity index (χ2n) is 7.00. The van der Waals surface area contributed by atoms with Gasteiger partial charge in [-0.3, -0.25) is 4.79 Å². The third-order valence-electron chi connectivity index (χ3n) is 4.47. The molecule has 0 bridgehead atoms. The highest BCUT2D eigenvalue weighted by Crippen LogP contribution is 2.29. The van der Waals surface area contributed by atoms with Crippen LogP contribution >= 0.6 is 23.2 Å². The van der Waals surface area contributed by atoms with E-state index in [1.807, 2.05) is 13.8 Å². The van der Waals surface area contributed by atoms with Crippen molar-refractivity contribution in [1.82, 2.24) is 5.43 Å². The molecule has 3 aromatic carbocycles. The number of hydrogen-bond acceptors (Lipinski definition) is 6. The summed E-state index contributed by atoms with van der Waals surface area (Å²) in [6, 6.07) is 16.6. The first-order valence-electron chi connectivity index (χ1n) is 10.3. The summed E-state index contributed by atoms with van der Waals surface area (Å²) in [4.78, 5) is 24.5. The highest BCUT2D eigenvalue weighted by molar-refractivity contribution is 6.33. The van der Waals surface area contributed by atoms with Crippen LogP contribution in [0.1, 0.15) is 28.4 Å². The van der Waals surface area contributed by atoms with Crippen LogP contribution in [0.25, 0.3) is 0 Å². The smallest absolute Gasteiger partial charge is 0.345 e. The Morgan fingerprint density at radius 1 is 0.971 bits per heavy atom. The lowest BCUT2D eigenvalue weighted by Crippen LogP contribution is -2.24. The number of benzene rings is 3. The molecule has 0 aliphatic rings. The molecule has 9 heteroatoms. The molecule has 1 amide bonds. The average molecular weight is 501 g/mol. The van der Waals surface area contributed by atoms with E-state index in [4.69, 9.17) is 37.4 Å². The Morgan fingerprint density at radius 2 is 1.76 bits per heavy atom. The van der Waals surface area contributed by atoms with Crippen LogP contribution < -0.4 is 19.6 Å². The molecule has 0 aliphatic carbocycles. The van der Waals surface area contributed by atoms with Crippen molar-refractivity contribution < 1.29 is 23.8 Å². The van der Waals surface area contributed by atoms with Gasteiger partial charge in [-0.15, -0.1) is 0 Å². The van der Waals surface area contributed by atoms with Gasteiger partial charge in [-0.05, 0) is 73.5 Å². The summed E-state index contributed by atoms with van der Waals surface area (Å²) in [6.07, 6.45) is 1.44. The summed E-state index contributed by atoms with van der Waals surface area (Å²) < 4.78 is 16.5. The lowest BCUT2D eigenvalue weighted by Gasteiger charge is -2.12. The third kappa shape index (κ3) is 6.97. The minimum Gasteiger partial charge on any atom is -0.490 e. The number of aryl methyl sites for hydroxylation is 1. The Labute approximate surface area is 207 Å². The van der Waals surface area contributed by atoms with Crippen LogP contribution in [0.4, 0.5) is 0 Å². The fraction of sp³-hybridized carbons (Fsp3) is 0.160. The van der Waals surface area contributed by atoms with Crippen molar-refractivity contribution >= 4 is 41.3 Å². The van der Waals surface area contributed by atoms with Crippen LogP contribution in [-0.4, -0.2) is 31.3 Å². The van der Waals surface area contributed by atoms with Gasteiger partial charge in [0, 0.05) is 5.02 Å². The molecule has 0 saturated carbocycles. The number of hydrogen-bond donors (Lipinski definition) is 1. The van der Waals surface area contributed by atoms with Gasteiger partial charge in [-0.25, -0.2) is 10.2 Å².